The number of rotatable bonds is 2. The van der Waals surface area contributed by atoms with E-state index < -0.39 is 0 Å². The molecule has 1 aliphatic heterocycles. The van der Waals surface area contributed by atoms with Crippen LogP contribution in [0.4, 0.5) is 5.82 Å². The lowest BCUT2D eigenvalue weighted by Gasteiger charge is -2.20. The Bertz CT molecular complexity index is 565. The van der Waals surface area contributed by atoms with E-state index in [0.29, 0.717) is 11.2 Å². The van der Waals surface area contributed by atoms with E-state index >= 15 is 0 Å². The minimum atomic E-state index is 0.491. The van der Waals surface area contributed by atoms with Crippen LogP contribution in [0.1, 0.15) is 6.42 Å². The fourth-order valence-electron chi connectivity index (χ4n) is 2.47. The molecule has 6 heteroatoms. The summed E-state index contributed by atoms with van der Waals surface area (Å²) in [5, 5.41) is 8.95. The molecule has 1 N–H and O–H groups in total. The zero-order chi connectivity index (χ0) is 12.7. The molecule has 0 aliphatic carbocycles. The Labute approximate surface area is 111 Å². The Kier molecular flexibility index (Phi) is 2.87. The standard InChI is InChI=1S/C12H16ClN5/c1-17(2)8-3-4-18(7-8)12-9-6-14-11(13)5-10(9)15-16-12/h5-6,8H,3-4,7H2,1-2H3,(H,15,16)/t8-/m1/s1. The highest BCUT2D eigenvalue weighted by Gasteiger charge is 2.26. The number of halogens is 1. The second kappa shape index (κ2) is 4.40. The number of nitrogens with one attached hydrogen (secondary N) is 1. The Morgan fingerprint density at radius 2 is 2.33 bits per heavy atom. The molecule has 0 aromatic carbocycles. The lowest BCUT2D eigenvalue weighted by Crippen LogP contribution is -2.31. The van der Waals surface area contributed by atoms with Gasteiger partial charge in [0.25, 0.3) is 0 Å². The second-order valence-corrected chi connectivity index (χ2v) is 5.34. The van der Waals surface area contributed by atoms with Crippen LogP contribution in [0, 0.1) is 0 Å². The predicted molar refractivity (Wildman–Crippen MR) is 73.2 cm³/mol. The highest BCUT2D eigenvalue weighted by atomic mass is 35.5. The normalized spacial score (nSPS) is 20.2. The Morgan fingerprint density at radius 1 is 1.50 bits per heavy atom. The molecule has 0 bridgehead atoms. The lowest BCUT2D eigenvalue weighted by atomic mass is 10.2. The van der Waals surface area contributed by atoms with Crippen LogP contribution in [0.3, 0.4) is 0 Å². The first-order valence-electron chi connectivity index (χ1n) is 6.06. The molecule has 0 unspecified atom stereocenters. The van der Waals surface area contributed by atoms with E-state index in [-0.39, 0.29) is 0 Å². The van der Waals surface area contributed by atoms with Crippen LogP contribution in [0.5, 0.6) is 0 Å². The number of aromatic nitrogens is 3. The summed E-state index contributed by atoms with van der Waals surface area (Å²) in [4.78, 5) is 8.71. The van der Waals surface area contributed by atoms with Gasteiger partial charge in [0.1, 0.15) is 5.15 Å². The van der Waals surface area contributed by atoms with E-state index in [4.69, 9.17) is 11.6 Å². The number of likely N-dealkylation sites (N-methyl/N-ethyl adjacent to an activating group) is 1. The molecule has 0 spiro atoms. The summed E-state index contributed by atoms with van der Waals surface area (Å²) in [5.74, 6) is 0.985. The Morgan fingerprint density at radius 3 is 3.06 bits per heavy atom. The quantitative estimate of drug-likeness (QED) is 0.841. The largest absolute Gasteiger partial charge is 0.353 e. The van der Waals surface area contributed by atoms with E-state index in [1.807, 2.05) is 6.07 Å². The number of H-pyrrole nitrogens is 1. The first-order chi connectivity index (χ1) is 8.65. The summed E-state index contributed by atoms with van der Waals surface area (Å²) in [6.45, 7) is 2.04. The van der Waals surface area contributed by atoms with Crippen LogP contribution in [0.15, 0.2) is 12.3 Å². The molecule has 2 aromatic heterocycles. The molecule has 2 aromatic rings. The average Bonchev–Trinajstić information content (AvgIpc) is 2.92. The topological polar surface area (TPSA) is 48.0 Å². The third kappa shape index (κ3) is 1.93. The van der Waals surface area contributed by atoms with Crippen LogP contribution in [-0.4, -0.2) is 53.3 Å². The maximum atomic E-state index is 5.87. The third-order valence-corrected chi connectivity index (χ3v) is 3.79. The van der Waals surface area contributed by atoms with E-state index in [1.54, 1.807) is 6.20 Å². The van der Waals surface area contributed by atoms with Gasteiger partial charge < -0.3 is 9.80 Å². The fourth-order valence-corrected chi connectivity index (χ4v) is 2.63. The molecule has 1 atom stereocenters. The van der Waals surface area contributed by atoms with Gasteiger partial charge in [-0.1, -0.05) is 11.6 Å². The maximum absolute atomic E-state index is 5.87. The van der Waals surface area contributed by atoms with Gasteiger partial charge in [-0.15, -0.1) is 0 Å². The maximum Gasteiger partial charge on any atom is 0.159 e. The second-order valence-electron chi connectivity index (χ2n) is 4.95. The molecule has 3 heterocycles. The van der Waals surface area contributed by atoms with Crippen LogP contribution >= 0.6 is 11.6 Å². The lowest BCUT2D eigenvalue weighted by molar-refractivity contribution is 0.315. The smallest absolute Gasteiger partial charge is 0.159 e. The van der Waals surface area contributed by atoms with Crippen molar-refractivity contribution >= 4 is 28.3 Å². The highest BCUT2D eigenvalue weighted by molar-refractivity contribution is 6.30. The monoisotopic (exact) mass is 265 g/mol. The molecule has 0 saturated carbocycles. The summed E-state index contributed by atoms with van der Waals surface area (Å²) in [5.41, 5.74) is 0.943. The number of aromatic amines is 1. The minimum absolute atomic E-state index is 0.491. The van der Waals surface area contributed by atoms with Gasteiger partial charge in [-0.25, -0.2) is 4.98 Å². The Hall–Kier alpha value is -1.33. The van der Waals surface area contributed by atoms with Crippen LogP contribution < -0.4 is 4.90 Å². The number of hydrogen-bond donors (Lipinski definition) is 1. The molecule has 5 nitrogen and oxygen atoms in total. The number of hydrogen-bond acceptors (Lipinski definition) is 4. The van der Waals surface area contributed by atoms with E-state index in [1.165, 1.54) is 6.42 Å². The summed E-state index contributed by atoms with van der Waals surface area (Å²) in [7, 11) is 4.25. The number of pyridine rings is 1. The molecular formula is C12H16ClN5. The molecule has 0 radical (unpaired) electrons. The van der Waals surface area contributed by atoms with Gasteiger partial charge in [0, 0.05) is 31.4 Å². The van der Waals surface area contributed by atoms with Crippen molar-refractivity contribution < 1.29 is 0 Å². The molecule has 3 rings (SSSR count). The van der Waals surface area contributed by atoms with Crippen LogP contribution in [0.25, 0.3) is 10.9 Å². The van der Waals surface area contributed by atoms with Gasteiger partial charge in [0.15, 0.2) is 5.82 Å². The summed E-state index contributed by atoms with van der Waals surface area (Å²) in [6, 6.07) is 2.41. The minimum Gasteiger partial charge on any atom is -0.353 e. The van der Waals surface area contributed by atoms with Gasteiger partial charge in [-0.05, 0) is 20.5 Å². The van der Waals surface area contributed by atoms with E-state index in [0.717, 1.165) is 29.8 Å². The summed E-state index contributed by atoms with van der Waals surface area (Å²) >= 11 is 5.87. The zero-order valence-electron chi connectivity index (χ0n) is 10.5. The molecular weight excluding hydrogens is 250 g/mol. The number of fused-ring (bicyclic) bond motifs is 1. The average molecular weight is 266 g/mol. The molecule has 96 valence electrons. The first-order valence-corrected chi connectivity index (χ1v) is 6.44. The highest BCUT2D eigenvalue weighted by Crippen LogP contribution is 2.28. The Balaban J connectivity index is 1.91. The van der Waals surface area contributed by atoms with Crippen molar-refractivity contribution in [3.05, 3.63) is 17.4 Å². The summed E-state index contributed by atoms with van der Waals surface area (Å²) < 4.78 is 0. The predicted octanol–water partition coefficient (Wildman–Crippen LogP) is 1.75. The van der Waals surface area contributed by atoms with Gasteiger partial charge >= 0.3 is 0 Å². The molecule has 1 aliphatic rings. The molecule has 18 heavy (non-hydrogen) atoms. The zero-order valence-corrected chi connectivity index (χ0v) is 11.3. The van der Waals surface area contributed by atoms with Gasteiger partial charge in [0.05, 0.1) is 10.9 Å². The van der Waals surface area contributed by atoms with Gasteiger partial charge in [-0.2, -0.15) is 5.10 Å². The van der Waals surface area contributed by atoms with Crippen molar-refractivity contribution in [2.45, 2.75) is 12.5 Å². The van der Waals surface area contributed by atoms with E-state index in [9.17, 15) is 0 Å². The van der Waals surface area contributed by atoms with Crippen molar-refractivity contribution in [3.8, 4) is 0 Å². The number of anilines is 1. The molecule has 0 amide bonds. The third-order valence-electron chi connectivity index (χ3n) is 3.59. The van der Waals surface area contributed by atoms with Gasteiger partial charge in [0.2, 0.25) is 0 Å². The molecule has 1 saturated heterocycles. The van der Waals surface area contributed by atoms with Crippen molar-refractivity contribution in [1.29, 1.82) is 0 Å². The number of nitrogens with zero attached hydrogens (tertiary/aromatic N) is 4. The van der Waals surface area contributed by atoms with Crippen molar-refractivity contribution in [2.75, 3.05) is 32.1 Å². The van der Waals surface area contributed by atoms with Gasteiger partial charge in [-0.3, -0.25) is 5.10 Å². The van der Waals surface area contributed by atoms with Crippen molar-refractivity contribution in [1.82, 2.24) is 20.1 Å². The molecule has 1 fully saturated rings. The van der Waals surface area contributed by atoms with Crippen molar-refractivity contribution in [3.63, 3.8) is 0 Å². The van der Waals surface area contributed by atoms with Crippen molar-refractivity contribution in [2.24, 2.45) is 0 Å². The summed E-state index contributed by atoms with van der Waals surface area (Å²) in [6.07, 6.45) is 2.96. The van der Waals surface area contributed by atoms with Crippen LogP contribution in [-0.2, 0) is 0 Å². The first kappa shape index (κ1) is 11.7. The van der Waals surface area contributed by atoms with Crippen LogP contribution in [0.2, 0.25) is 5.15 Å². The SMILES string of the molecule is CN(C)[C@@H]1CCN(c2n[nH]c3cc(Cl)ncc23)C1. The fraction of sp³-hybridized carbons (Fsp3) is 0.500. The van der Waals surface area contributed by atoms with E-state index in [2.05, 4.69) is 39.1 Å².